The highest BCUT2D eigenvalue weighted by Crippen LogP contribution is 2.25. The highest BCUT2D eigenvalue weighted by molar-refractivity contribution is 6.32. The van der Waals surface area contributed by atoms with Gasteiger partial charge in [-0.1, -0.05) is 18.5 Å². The second-order valence-corrected chi connectivity index (χ2v) is 3.84. The topological polar surface area (TPSA) is 34.1 Å². The summed E-state index contributed by atoms with van der Waals surface area (Å²) in [6, 6.07) is 4.78. The first kappa shape index (κ1) is 10.1. The van der Waals surface area contributed by atoms with E-state index in [1.165, 1.54) is 6.08 Å². The standard InChI is InChI=1S/C12H9ClO2/c1-2-7-5-11(14)10-6-8(13)3-4-9(10)12(7)15/h3-6H,2H2,1H3. The van der Waals surface area contributed by atoms with Crippen molar-refractivity contribution in [2.75, 3.05) is 0 Å². The summed E-state index contributed by atoms with van der Waals surface area (Å²) in [5, 5.41) is 0.475. The third-order valence-electron chi connectivity index (χ3n) is 2.47. The van der Waals surface area contributed by atoms with Gasteiger partial charge in [-0.2, -0.15) is 0 Å². The molecule has 1 aromatic rings. The molecule has 0 heterocycles. The van der Waals surface area contributed by atoms with Gasteiger partial charge in [0.25, 0.3) is 0 Å². The van der Waals surface area contributed by atoms with Crippen LogP contribution in [0, 0.1) is 0 Å². The SMILES string of the molecule is CCC1=CC(=O)c2cc(Cl)ccc2C1=O. The molecule has 3 heteroatoms. The van der Waals surface area contributed by atoms with E-state index in [-0.39, 0.29) is 11.6 Å². The van der Waals surface area contributed by atoms with Crippen LogP contribution < -0.4 is 0 Å². The lowest BCUT2D eigenvalue weighted by Crippen LogP contribution is -2.16. The minimum atomic E-state index is -0.135. The fourth-order valence-corrected chi connectivity index (χ4v) is 1.83. The van der Waals surface area contributed by atoms with Crippen LogP contribution in [-0.2, 0) is 0 Å². The largest absolute Gasteiger partial charge is 0.289 e. The molecule has 0 aromatic heterocycles. The van der Waals surface area contributed by atoms with E-state index in [9.17, 15) is 9.59 Å². The van der Waals surface area contributed by atoms with Crippen molar-refractivity contribution >= 4 is 23.2 Å². The average Bonchev–Trinajstić information content (AvgIpc) is 2.23. The van der Waals surface area contributed by atoms with Crippen molar-refractivity contribution in [2.45, 2.75) is 13.3 Å². The Morgan fingerprint density at radius 1 is 1.20 bits per heavy atom. The number of carbonyl (C=O) groups excluding carboxylic acids is 2. The Labute approximate surface area is 92.6 Å². The van der Waals surface area contributed by atoms with Crippen LogP contribution in [0.5, 0.6) is 0 Å². The van der Waals surface area contributed by atoms with Gasteiger partial charge in [-0.25, -0.2) is 0 Å². The van der Waals surface area contributed by atoms with Crippen LogP contribution in [0.1, 0.15) is 34.1 Å². The van der Waals surface area contributed by atoms with E-state index < -0.39 is 0 Å². The van der Waals surface area contributed by atoms with E-state index in [4.69, 9.17) is 11.6 Å². The number of hydrogen-bond acceptors (Lipinski definition) is 2. The molecule has 76 valence electrons. The Morgan fingerprint density at radius 2 is 1.93 bits per heavy atom. The molecule has 0 atom stereocenters. The lowest BCUT2D eigenvalue weighted by atomic mass is 9.88. The maximum Gasteiger partial charge on any atom is 0.189 e. The lowest BCUT2D eigenvalue weighted by molar-refractivity contribution is 0.0982. The molecule has 2 rings (SSSR count). The molecule has 1 aliphatic rings. The van der Waals surface area contributed by atoms with Gasteiger partial charge in [0.05, 0.1) is 0 Å². The molecule has 15 heavy (non-hydrogen) atoms. The number of halogens is 1. The number of rotatable bonds is 1. The number of benzene rings is 1. The zero-order valence-electron chi connectivity index (χ0n) is 8.21. The van der Waals surface area contributed by atoms with Gasteiger partial charge < -0.3 is 0 Å². The Hall–Kier alpha value is -1.41. The second-order valence-electron chi connectivity index (χ2n) is 3.41. The van der Waals surface area contributed by atoms with Crippen LogP contribution >= 0.6 is 11.6 Å². The van der Waals surface area contributed by atoms with Crippen LogP contribution in [0.4, 0.5) is 0 Å². The van der Waals surface area contributed by atoms with Gasteiger partial charge in [0, 0.05) is 21.7 Å². The summed E-state index contributed by atoms with van der Waals surface area (Å²) in [4.78, 5) is 23.5. The normalized spacial score (nSPS) is 14.9. The monoisotopic (exact) mass is 220 g/mol. The van der Waals surface area contributed by atoms with E-state index >= 15 is 0 Å². The van der Waals surface area contributed by atoms with Gasteiger partial charge in [-0.3, -0.25) is 9.59 Å². The summed E-state index contributed by atoms with van der Waals surface area (Å²) in [5.74, 6) is -0.201. The van der Waals surface area contributed by atoms with E-state index in [2.05, 4.69) is 0 Å². The van der Waals surface area contributed by atoms with Crippen LogP contribution in [0.3, 0.4) is 0 Å². The molecular formula is C12H9ClO2. The minimum Gasteiger partial charge on any atom is -0.289 e. The molecule has 0 N–H and O–H groups in total. The zero-order chi connectivity index (χ0) is 11.0. The molecular weight excluding hydrogens is 212 g/mol. The smallest absolute Gasteiger partial charge is 0.189 e. The summed E-state index contributed by atoms with van der Waals surface area (Å²) in [6.07, 6.45) is 1.98. The highest BCUT2D eigenvalue weighted by Gasteiger charge is 2.24. The van der Waals surface area contributed by atoms with Gasteiger partial charge in [-0.15, -0.1) is 0 Å². The Balaban J connectivity index is 2.62. The molecule has 1 aliphatic carbocycles. The first-order valence-corrected chi connectivity index (χ1v) is 5.10. The van der Waals surface area contributed by atoms with Gasteiger partial charge >= 0.3 is 0 Å². The minimum absolute atomic E-state index is 0.0660. The van der Waals surface area contributed by atoms with Gasteiger partial charge in [0.15, 0.2) is 11.6 Å². The fraction of sp³-hybridized carbons (Fsp3) is 0.167. The third kappa shape index (κ3) is 1.61. The predicted octanol–water partition coefficient (Wildman–Crippen LogP) is 3.06. The van der Waals surface area contributed by atoms with Crippen LogP contribution in [0.15, 0.2) is 29.8 Å². The van der Waals surface area contributed by atoms with Crippen molar-refractivity contribution in [3.05, 3.63) is 46.0 Å². The molecule has 0 unspecified atom stereocenters. The molecule has 2 nitrogen and oxygen atoms in total. The number of ketones is 2. The average molecular weight is 221 g/mol. The van der Waals surface area contributed by atoms with Crippen LogP contribution in [0.25, 0.3) is 0 Å². The van der Waals surface area contributed by atoms with Crippen LogP contribution in [0.2, 0.25) is 5.02 Å². The lowest BCUT2D eigenvalue weighted by Gasteiger charge is -2.13. The fourth-order valence-electron chi connectivity index (χ4n) is 1.66. The van der Waals surface area contributed by atoms with Crippen molar-refractivity contribution in [3.63, 3.8) is 0 Å². The second kappa shape index (κ2) is 3.63. The highest BCUT2D eigenvalue weighted by atomic mass is 35.5. The molecule has 0 fully saturated rings. The summed E-state index contributed by atoms with van der Waals surface area (Å²) >= 11 is 5.78. The quantitative estimate of drug-likeness (QED) is 0.729. The van der Waals surface area contributed by atoms with Gasteiger partial charge in [0.1, 0.15) is 0 Å². The molecule has 0 amide bonds. The zero-order valence-corrected chi connectivity index (χ0v) is 8.97. The molecule has 0 radical (unpaired) electrons. The first-order chi connectivity index (χ1) is 7.13. The summed E-state index contributed by atoms with van der Waals surface area (Å²) in [6.45, 7) is 1.86. The van der Waals surface area contributed by atoms with Crippen molar-refractivity contribution in [3.8, 4) is 0 Å². The Bertz CT molecular complexity index is 486. The Kier molecular flexibility index (Phi) is 2.45. The maximum atomic E-state index is 11.8. The van der Waals surface area contributed by atoms with Crippen LogP contribution in [-0.4, -0.2) is 11.6 Å². The van der Waals surface area contributed by atoms with E-state index in [1.807, 2.05) is 6.92 Å². The third-order valence-corrected chi connectivity index (χ3v) is 2.70. The molecule has 0 saturated heterocycles. The van der Waals surface area contributed by atoms with Gasteiger partial charge in [0.2, 0.25) is 0 Å². The molecule has 0 spiro atoms. The maximum absolute atomic E-state index is 11.8. The number of carbonyl (C=O) groups is 2. The van der Waals surface area contributed by atoms with Crippen molar-refractivity contribution in [1.29, 1.82) is 0 Å². The number of Topliss-reactive ketones (excluding diaryl/α,β-unsaturated/α-hetero) is 1. The number of allylic oxidation sites excluding steroid dienone is 2. The van der Waals surface area contributed by atoms with E-state index in [1.54, 1.807) is 18.2 Å². The first-order valence-electron chi connectivity index (χ1n) is 4.72. The number of hydrogen-bond donors (Lipinski definition) is 0. The molecule has 0 aliphatic heterocycles. The van der Waals surface area contributed by atoms with Gasteiger partial charge in [-0.05, 0) is 30.7 Å². The predicted molar refractivity (Wildman–Crippen MR) is 58.5 cm³/mol. The van der Waals surface area contributed by atoms with Crippen molar-refractivity contribution < 1.29 is 9.59 Å². The molecule has 0 bridgehead atoms. The van der Waals surface area contributed by atoms with Crippen molar-refractivity contribution in [2.24, 2.45) is 0 Å². The van der Waals surface area contributed by atoms with Crippen molar-refractivity contribution in [1.82, 2.24) is 0 Å². The Morgan fingerprint density at radius 3 is 2.60 bits per heavy atom. The summed E-state index contributed by atoms with van der Waals surface area (Å²) < 4.78 is 0. The summed E-state index contributed by atoms with van der Waals surface area (Å²) in [7, 11) is 0. The molecule has 1 aromatic carbocycles. The summed E-state index contributed by atoms with van der Waals surface area (Å²) in [5.41, 5.74) is 1.43. The number of fused-ring (bicyclic) bond motifs is 1. The van der Waals surface area contributed by atoms with E-state index in [0.29, 0.717) is 28.1 Å². The molecule has 0 saturated carbocycles. The van der Waals surface area contributed by atoms with E-state index in [0.717, 1.165) is 0 Å².